The molecule has 1 amide bonds. The lowest BCUT2D eigenvalue weighted by Gasteiger charge is -2.24. The summed E-state index contributed by atoms with van der Waals surface area (Å²) in [5, 5.41) is 2.08. The van der Waals surface area contributed by atoms with Gasteiger partial charge in [-0.05, 0) is 48.3 Å². The SMILES string of the molecule is O=C(CC1(CS)CC1)N(Cc1cccs1)C1CC1. The number of thiophene rings is 1. The van der Waals surface area contributed by atoms with E-state index in [9.17, 15) is 4.79 Å². The molecule has 2 nitrogen and oxygen atoms in total. The zero-order valence-corrected chi connectivity index (χ0v) is 12.2. The maximum atomic E-state index is 12.5. The number of rotatable bonds is 6. The van der Waals surface area contributed by atoms with Crippen molar-refractivity contribution in [2.24, 2.45) is 5.41 Å². The van der Waals surface area contributed by atoms with E-state index < -0.39 is 0 Å². The zero-order valence-electron chi connectivity index (χ0n) is 10.5. The fourth-order valence-corrected chi connectivity index (χ4v) is 3.50. The first-order valence-electron chi connectivity index (χ1n) is 6.65. The lowest BCUT2D eigenvalue weighted by atomic mass is 10.0. The van der Waals surface area contributed by atoms with Crippen LogP contribution in [0.3, 0.4) is 0 Å². The smallest absolute Gasteiger partial charge is 0.223 e. The number of thiol groups is 1. The van der Waals surface area contributed by atoms with Crippen LogP contribution in [0.5, 0.6) is 0 Å². The van der Waals surface area contributed by atoms with Crippen molar-refractivity contribution >= 4 is 29.9 Å². The van der Waals surface area contributed by atoms with Crippen LogP contribution in [0.2, 0.25) is 0 Å². The van der Waals surface area contributed by atoms with Gasteiger partial charge in [0.15, 0.2) is 0 Å². The maximum Gasteiger partial charge on any atom is 0.223 e. The molecule has 0 unspecified atom stereocenters. The molecule has 98 valence electrons. The zero-order chi connectivity index (χ0) is 12.6. The van der Waals surface area contributed by atoms with E-state index in [0.29, 0.717) is 18.4 Å². The molecular formula is C14H19NOS2. The van der Waals surface area contributed by atoms with Crippen molar-refractivity contribution in [2.75, 3.05) is 5.75 Å². The summed E-state index contributed by atoms with van der Waals surface area (Å²) < 4.78 is 0. The normalized spacial score (nSPS) is 20.7. The Morgan fingerprint density at radius 1 is 1.50 bits per heavy atom. The molecule has 0 spiro atoms. The van der Waals surface area contributed by atoms with E-state index in [2.05, 4.69) is 35.0 Å². The average molecular weight is 281 g/mol. The third-order valence-corrected chi connectivity index (χ3v) is 5.56. The molecule has 0 atom stereocenters. The lowest BCUT2D eigenvalue weighted by molar-refractivity contribution is -0.133. The predicted octanol–water partition coefficient (Wildman–Crippen LogP) is 3.34. The number of hydrogen-bond acceptors (Lipinski definition) is 3. The largest absolute Gasteiger partial charge is 0.335 e. The Balaban J connectivity index is 1.64. The van der Waals surface area contributed by atoms with Gasteiger partial charge in [0.1, 0.15) is 0 Å². The first-order chi connectivity index (χ1) is 8.72. The summed E-state index contributed by atoms with van der Waals surface area (Å²) in [4.78, 5) is 15.9. The molecule has 0 radical (unpaired) electrons. The molecular weight excluding hydrogens is 262 g/mol. The van der Waals surface area contributed by atoms with Gasteiger partial charge < -0.3 is 4.90 Å². The van der Waals surface area contributed by atoms with Gasteiger partial charge in [-0.15, -0.1) is 11.3 Å². The van der Waals surface area contributed by atoms with Crippen molar-refractivity contribution in [2.45, 2.75) is 44.7 Å². The molecule has 0 saturated heterocycles. The summed E-state index contributed by atoms with van der Waals surface area (Å²) in [5.74, 6) is 1.20. The number of hydrogen-bond donors (Lipinski definition) is 1. The Bertz CT molecular complexity index is 421. The van der Waals surface area contributed by atoms with Crippen LogP contribution < -0.4 is 0 Å². The number of carbonyl (C=O) groups excluding carboxylic acids is 1. The minimum atomic E-state index is 0.239. The minimum Gasteiger partial charge on any atom is -0.335 e. The van der Waals surface area contributed by atoms with Crippen LogP contribution in [0, 0.1) is 5.41 Å². The third-order valence-electron chi connectivity index (χ3n) is 4.03. The van der Waals surface area contributed by atoms with Crippen molar-refractivity contribution in [3.8, 4) is 0 Å². The van der Waals surface area contributed by atoms with Crippen molar-refractivity contribution < 1.29 is 4.79 Å². The molecule has 2 aliphatic carbocycles. The number of carbonyl (C=O) groups is 1. The van der Waals surface area contributed by atoms with Crippen LogP contribution in [0.25, 0.3) is 0 Å². The van der Waals surface area contributed by atoms with E-state index in [-0.39, 0.29) is 5.41 Å². The molecule has 0 N–H and O–H groups in total. The highest BCUT2D eigenvalue weighted by atomic mass is 32.1. The van der Waals surface area contributed by atoms with E-state index in [1.807, 2.05) is 0 Å². The summed E-state index contributed by atoms with van der Waals surface area (Å²) in [6, 6.07) is 4.69. The monoisotopic (exact) mass is 281 g/mol. The summed E-state index contributed by atoms with van der Waals surface area (Å²) in [5.41, 5.74) is 0.239. The molecule has 18 heavy (non-hydrogen) atoms. The molecule has 1 aromatic rings. The quantitative estimate of drug-likeness (QED) is 0.793. The second-order valence-electron chi connectivity index (χ2n) is 5.67. The van der Waals surface area contributed by atoms with E-state index in [0.717, 1.165) is 12.3 Å². The fourth-order valence-electron chi connectivity index (χ4n) is 2.37. The van der Waals surface area contributed by atoms with Gasteiger partial charge in [-0.25, -0.2) is 0 Å². The van der Waals surface area contributed by atoms with Gasteiger partial charge in [0.25, 0.3) is 0 Å². The molecule has 2 fully saturated rings. The van der Waals surface area contributed by atoms with Crippen molar-refractivity contribution in [1.82, 2.24) is 4.90 Å². The first-order valence-corrected chi connectivity index (χ1v) is 8.16. The van der Waals surface area contributed by atoms with Crippen LogP contribution >= 0.6 is 24.0 Å². The van der Waals surface area contributed by atoms with E-state index in [1.54, 1.807) is 11.3 Å². The highest BCUT2D eigenvalue weighted by Crippen LogP contribution is 2.50. The number of nitrogens with zero attached hydrogens (tertiary/aromatic N) is 1. The van der Waals surface area contributed by atoms with Crippen LogP contribution in [0.1, 0.15) is 37.0 Å². The van der Waals surface area contributed by atoms with Crippen molar-refractivity contribution in [1.29, 1.82) is 0 Å². The van der Waals surface area contributed by atoms with Crippen molar-refractivity contribution in [3.05, 3.63) is 22.4 Å². The maximum absolute atomic E-state index is 12.5. The molecule has 3 rings (SSSR count). The topological polar surface area (TPSA) is 20.3 Å². The van der Waals surface area contributed by atoms with E-state index in [1.165, 1.54) is 30.6 Å². The Morgan fingerprint density at radius 2 is 2.28 bits per heavy atom. The first kappa shape index (κ1) is 12.5. The molecule has 0 aromatic carbocycles. The van der Waals surface area contributed by atoms with Crippen LogP contribution in [-0.4, -0.2) is 22.6 Å². The molecule has 1 heterocycles. The Morgan fingerprint density at radius 3 is 2.78 bits per heavy atom. The van der Waals surface area contributed by atoms with Crippen LogP contribution in [0.15, 0.2) is 17.5 Å². The Hall–Kier alpha value is -0.480. The summed E-state index contributed by atoms with van der Waals surface area (Å²) in [7, 11) is 0. The van der Waals surface area contributed by atoms with Gasteiger partial charge in [0.2, 0.25) is 5.91 Å². The van der Waals surface area contributed by atoms with Gasteiger partial charge in [-0.3, -0.25) is 4.79 Å². The van der Waals surface area contributed by atoms with Gasteiger partial charge >= 0.3 is 0 Å². The van der Waals surface area contributed by atoms with Gasteiger partial charge in [-0.2, -0.15) is 12.6 Å². The second kappa shape index (κ2) is 4.89. The van der Waals surface area contributed by atoms with Gasteiger partial charge in [-0.1, -0.05) is 6.07 Å². The standard InChI is InChI=1S/C14H19NOS2/c16-13(8-14(10-17)5-6-14)15(11-3-4-11)9-12-2-1-7-18-12/h1-2,7,11,17H,3-6,8-10H2. The highest BCUT2D eigenvalue weighted by Gasteiger charge is 2.45. The van der Waals surface area contributed by atoms with Crippen LogP contribution in [0.4, 0.5) is 0 Å². The molecule has 4 heteroatoms. The van der Waals surface area contributed by atoms with Gasteiger partial charge in [0, 0.05) is 17.3 Å². The van der Waals surface area contributed by atoms with E-state index in [4.69, 9.17) is 0 Å². The minimum absolute atomic E-state index is 0.239. The molecule has 1 aromatic heterocycles. The number of amides is 1. The predicted molar refractivity (Wildman–Crippen MR) is 78.0 cm³/mol. The lowest BCUT2D eigenvalue weighted by Crippen LogP contribution is -2.34. The van der Waals surface area contributed by atoms with Crippen LogP contribution in [-0.2, 0) is 11.3 Å². The Kier molecular flexibility index (Phi) is 3.41. The van der Waals surface area contributed by atoms with Gasteiger partial charge in [0.05, 0.1) is 6.54 Å². The van der Waals surface area contributed by atoms with E-state index >= 15 is 0 Å². The second-order valence-corrected chi connectivity index (χ2v) is 7.02. The third kappa shape index (κ3) is 2.75. The molecule has 0 bridgehead atoms. The molecule has 0 aliphatic heterocycles. The fraction of sp³-hybridized carbons (Fsp3) is 0.643. The summed E-state index contributed by atoms with van der Waals surface area (Å²) in [6.45, 7) is 0.809. The van der Waals surface area contributed by atoms with Crippen molar-refractivity contribution in [3.63, 3.8) is 0 Å². The summed E-state index contributed by atoms with van der Waals surface area (Å²) in [6.07, 6.45) is 5.44. The average Bonchev–Trinajstić information content (AvgIpc) is 3.29. The highest BCUT2D eigenvalue weighted by molar-refractivity contribution is 7.80. The summed E-state index contributed by atoms with van der Waals surface area (Å²) >= 11 is 6.14. The Labute approximate surface area is 118 Å². The molecule has 2 saturated carbocycles. The molecule has 2 aliphatic rings.